The number of ether oxygens (including phenoxy) is 2. The molecule has 42 heavy (non-hydrogen) atoms. The molecule has 1 saturated heterocycles. The third-order valence-corrected chi connectivity index (χ3v) is 8.38. The Morgan fingerprint density at radius 3 is 2.38 bits per heavy atom. The summed E-state index contributed by atoms with van der Waals surface area (Å²) in [5.74, 6) is 1.69. The molecule has 2 amide bonds. The molecule has 4 rings (SSSR count). The van der Waals surface area contributed by atoms with E-state index in [0.29, 0.717) is 47.6 Å². The smallest absolute Gasteiger partial charge is 0.243 e. The minimum atomic E-state index is -0.308. The lowest BCUT2D eigenvalue weighted by molar-refractivity contribution is -0.128. The Kier molecular flexibility index (Phi) is 10.2. The van der Waals surface area contributed by atoms with Crippen LogP contribution in [0.5, 0.6) is 11.5 Å². The summed E-state index contributed by atoms with van der Waals surface area (Å²) in [4.78, 5) is 30.5. The first-order chi connectivity index (χ1) is 20.1. The van der Waals surface area contributed by atoms with Crippen LogP contribution < -0.4 is 31.2 Å². The lowest BCUT2D eigenvalue weighted by atomic mass is 10.00. The number of rotatable bonds is 12. The van der Waals surface area contributed by atoms with E-state index >= 15 is 0 Å². The van der Waals surface area contributed by atoms with E-state index in [0.717, 1.165) is 17.7 Å². The van der Waals surface area contributed by atoms with E-state index in [4.69, 9.17) is 38.4 Å². The summed E-state index contributed by atoms with van der Waals surface area (Å²) in [7, 11) is 3.01. The molecule has 10 nitrogen and oxygen atoms in total. The van der Waals surface area contributed by atoms with Gasteiger partial charge in [0.05, 0.1) is 36.3 Å². The van der Waals surface area contributed by atoms with Crippen molar-refractivity contribution < 1.29 is 19.1 Å². The average Bonchev–Trinajstić information content (AvgIpc) is 3.72. The molecule has 5 N–H and O–H groups in total. The molecule has 2 aromatic rings. The van der Waals surface area contributed by atoms with Gasteiger partial charge in [-0.3, -0.25) is 9.59 Å². The molecule has 12 heteroatoms. The molecule has 226 valence electrons. The van der Waals surface area contributed by atoms with Crippen molar-refractivity contribution in [1.82, 2.24) is 20.5 Å². The lowest BCUT2D eigenvalue weighted by Crippen LogP contribution is -2.45. The minimum absolute atomic E-state index is 0.0347. The maximum atomic E-state index is 12.1. The number of hydrogen-bond acceptors (Lipinski definition) is 8. The highest BCUT2D eigenvalue weighted by Gasteiger charge is 2.35. The minimum Gasteiger partial charge on any atom is -0.495 e. The highest BCUT2D eigenvalue weighted by Crippen LogP contribution is 2.43. The fraction of sp³-hybridized carbons (Fsp3) is 0.433. The Bertz CT molecular complexity index is 1350. The third kappa shape index (κ3) is 7.29. The monoisotopic (exact) mass is 616 g/mol. The summed E-state index contributed by atoms with van der Waals surface area (Å²) in [6, 6.07) is 2.98. The van der Waals surface area contributed by atoms with Crippen LogP contribution in [0.3, 0.4) is 0 Å². The van der Waals surface area contributed by atoms with Crippen LogP contribution in [0.2, 0.25) is 10.0 Å². The van der Waals surface area contributed by atoms with E-state index in [1.165, 1.54) is 40.1 Å². The fourth-order valence-corrected chi connectivity index (χ4v) is 5.71. The van der Waals surface area contributed by atoms with Gasteiger partial charge in [-0.1, -0.05) is 29.8 Å². The van der Waals surface area contributed by atoms with Crippen LogP contribution in [-0.2, 0) is 9.59 Å². The number of anilines is 1. The van der Waals surface area contributed by atoms with Crippen molar-refractivity contribution in [1.29, 1.82) is 0 Å². The predicted octanol–water partition coefficient (Wildman–Crippen LogP) is 4.24. The van der Waals surface area contributed by atoms with Crippen LogP contribution in [0.25, 0.3) is 11.8 Å². The first-order valence-corrected chi connectivity index (χ1v) is 14.6. The molecule has 2 heterocycles. The van der Waals surface area contributed by atoms with E-state index < -0.39 is 0 Å². The molecular formula is C30H38Cl2N6O4. The first kappa shape index (κ1) is 31.5. The van der Waals surface area contributed by atoms with E-state index in [-0.39, 0.29) is 40.0 Å². The zero-order chi connectivity index (χ0) is 30.6. The normalized spacial score (nSPS) is 19.3. The quantitative estimate of drug-likeness (QED) is 0.261. The number of carbonyl (C=O) groups excluding carboxylic acids is 2. The van der Waals surface area contributed by atoms with Crippen LogP contribution in [0.1, 0.15) is 49.4 Å². The van der Waals surface area contributed by atoms with E-state index in [1.54, 1.807) is 23.2 Å². The van der Waals surface area contributed by atoms with Crippen LogP contribution in [-0.4, -0.2) is 67.6 Å². The van der Waals surface area contributed by atoms with Crippen LogP contribution in [0, 0.1) is 5.92 Å². The number of amides is 2. The molecule has 1 aromatic carbocycles. The van der Waals surface area contributed by atoms with Crippen LogP contribution >= 0.6 is 23.2 Å². The van der Waals surface area contributed by atoms with Crippen LogP contribution in [0.15, 0.2) is 31.0 Å². The van der Waals surface area contributed by atoms with Gasteiger partial charge in [0.15, 0.2) is 0 Å². The van der Waals surface area contributed by atoms with Gasteiger partial charge in [0.1, 0.15) is 17.3 Å². The number of methoxy groups -OCH3 is 2. The molecule has 1 saturated carbocycles. The second-order valence-electron chi connectivity index (χ2n) is 10.6. The summed E-state index contributed by atoms with van der Waals surface area (Å²) in [5.41, 5.74) is 9.04. The number of pyridine rings is 1. The molecule has 2 aliphatic rings. The number of nitrogens with one attached hydrogen (secondary N) is 3. The van der Waals surface area contributed by atoms with Gasteiger partial charge in [0, 0.05) is 49.6 Å². The molecule has 2 fully saturated rings. The molecule has 0 radical (unpaired) electrons. The van der Waals surface area contributed by atoms with Gasteiger partial charge >= 0.3 is 0 Å². The van der Waals surface area contributed by atoms with Crippen molar-refractivity contribution in [3.8, 4) is 11.5 Å². The van der Waals surface area contributed by atoms with Gasteiger partial charge in [0.2, 0.25) is 11.8 Å². The van der Waals surface area contributed by atoms with Crippen molar-refractivity contribution >= 4 is 52.6 Å². The third-order valence-electron chi connectivity index (χ3n) is 7.63. The van der Waals surface area contributed by atoms with E-state index in [2.05, 4.69) is 34.4 Å². The van der Waals surface area contributed by atoms with Gasteiger partial charge in [0.25, 0.3) is 0 Å². The number of hydrogen-bond donors (Lipinski definition) is 4. The van der Waals surface area contributed by atoms with Crippen molar-refractivity contribution in [3.05, 3.63) is 57.7 Å². The number of benzene rings is 1. The number of aromatic nitrogens is 1. The molecule has 1 aromatic heterocycles. The second kappa shape index (κ2) is 13.7. The van der Waals surface area contributed by atoms with Crippen molar-refractivity contribution in [3.63, 3.8) is 0 Å². The summed E-state index contributed by atoms with van der Waals surface area (Å²) < 4.78 is 10.8. The highest BCUT2D eigenvalue weighted by molar-refractivity contribution is 6.39. The van der Waals surface area contributed by atoms with E-state index in [1.807, 2.05) is 6.07 Å². The second-order valence-corrected chi connectivity index (χ2v) is 11.4. The number of likely N-dealkylation sites (tertiary alicyclic amines) is 1. The number of halogens is 2. The van der Waals surface area contributed by atoms with Gasteiger partial charge in [-0.25, -0.2) is 4.98 Å². The molecule has 3 atom stereocenters. The lowest BCUT2D eigenvalue weighted by Gasteiger charge is -2.23. The van der Waals surface area contributed by atoms with Gasteiger partial charge in [-0.05, 0) is 61.6 Å². The SMILES string of the molecule is C=CC(=O)N[C@H]1CN(C(C)=O)C[C@H]1Nc1cc(C(C)NCC2CC2)c(/C=C(\N)c2c(Cl)c(OC)cc(OC)c2Cl)cn1. The zero-order valence-corrected chi connectivity index (χ0v) is 25.8. The Balaban J connectivity index is 1.69. The predicted molar refractivity (Wildman–Crippen MR) is 167 cm³/mol. The van der Waals surface area contributed by atoms with Gasteiger partial charge in [-0.15, -0.1) is 0 Å². The average molecular weight is 618 g/mol. The summed E-state index contributed by atoms with van der Waals surface area (Å²) >= 11 is 13.2. The number of nitrogens with zero attached hydrogens (tertiary/aromatic N) is 2. The molecular weight excluding hydrogens is 579 g/mol. The van der Waals surface area contributed by atoms with Crippen molar-refractivity contribution in [2.75, 3.05) is 39.2 Å². The van der Waals surface area contributed by atoms with Crippen LogP contribution in [0.4, 0.5) is 5.82 Å². The van der Waals surface area contributed by atoms with E-state index in [9.17, 15) is 9.59 Å². The first-order valence-electron chi connectivity index (χ1n) is 13.8. The molecule has 0 bridgehead atoms. The number of nitrogens with two attached hydrogens (primary N) is 1. The number of carbonyl (C=O) groups is 2. The maximum Gasteiger partial charge on any atom is 0.243 e. The fourth-order valence-electron chi connectivity index (χ4n) is 5.00. The highest BCUT2D eigenvalue weighted by atomic mass is 35.5. The summed E-state index contributed by atoms with van der Waals surface area (Å²) in [6.45, 7) is 8.86. The molecule has 1 aliphatic carbocycles. The maximum absolute atomic E-state index is 12.1. The van der Waals surface area contributed by atoms with Crippen molar-refractivity contribution in [2.45, 2.75) is 44.8 Å². The largest absolute Gasteiger partial charge is 0.495 e. The Labute approximate surface area is 256 Å². The Hall–Kier alpha value is -3.47. The molecule has 1 aliphatic heterocycles. The summed E-state index contributed by atoms with van der Waals surface area (Å²) in [6.07, 6.45) is 7.19. The van der Waals surface area contributed by atoms with Crippen molar-refractivity contribution in [2.24, 2.45) is 11.7 Å². The summed E-state index contributed by atoms with van der Waals surface area (Å²) in [5, 5.41) is 10.5. The standard InChI is InChI=1S/C30H38Cl2N6O4/c1-6-27(40)37-23-15-38(17(3)39)14-22(23)36-26-10-20(16(2)34-12-18-7-8-18)19(13-35-26)9-21(33)28-29(31)24(41-4)11-25(42-5)30(28)32/h6,9-11,13,16,18,22-23,34H,1,7-8,12,14-15,33H2,2-5H3,(H,35,36)(H,37,40)/b21-9-/t16?,22-,23+/m1/s1. The topological polar surface area (TPSA) is 131 Å². The Morgan fingerprint density at radius 1 is 1.17 bits per heavy atom. The molecule has 0 spiro atoms. The van der Waals surface area contributed by atoms with Gasteiger partial charge < -0.3 is 36.1 Å². The zero-order valence-electron chi connectivity index (χ0n) is 24.3. The molecule has 1 unspecified atom stereocenters. The van der Waals surface area contributed by atoms with Gasteiger partial charge in [-0.2, -0.15) is 0 Å². The Morgan fingerprint density at radius 2 is 1.81 bits per heavy atom.